The van der Waals surface area contributed by atoms with Crippen LogP contribution in [0.25, 0.3) is 0 Å². The SMILES string of the molecule is CCCNC1CCOCC1CN1CCc2sccc2C1C. The van der Waals surface area contributed by atoms with Gasteiger partial charge in [-0.1, -0.05) is 6.92 Å². The van der Waals surface area contributed by atoms with Crippen LogP contribution >= 0.6 is 11.3 Å². The Morgan fingerprint density at radius 3 is 3.24 bits per heavy atom. The van der Waals surface area contributed by atoms with E-state index < -0.39 is 0 Å². The summed E-state index contributed by atoms with van der Waals surface area (Å²) < 4.78 is 5.76. The molecule has 1 fully saturated rings. The zero-order chi connectivity index (χ0) is 14.7. The van der Waals surface area contributed by atoms with Crippen molar-refractivity contribution in [2.75, 3.05) is 32.8 Å². The molecule has 0 bridgehead atoms. The minimum absolute atomic E-state index is 0.564. The maximum atomic E-state index is 5.76. The van der Waals surface area contributed by atoms with E-state index in [1.54, 1.807) is 10.4 Å². The molecule has 2 aliphatic rings. The lowest BCUT2D eigenvalue weighted by Crippen LogP contribution is -2.49. The van der Waals surface area contributed by atoms with E-state index in [1.807, 2.05) is 11.3 Å². The summed E-state index contributed by atoms with van der Waals surface area (Å²) >= 11 is 1.93. The molecule has 0 saturated carbocycles. The first kappa shape index (κ1) is 15.5. The summed E-state index contributed by atoms with van der Waals surface area (Å²) in [5.74, 6) is 0.632. The van der Waals surface area contributed by atoms with Crippen molar-refractivity contribution in [2.24, 2.45) is 5.92 Å². The fourth-order valence-electron chi connectivity index (χ4n) is 3.69. The van der Waals surface area contributed by atoms with E-state index in [-0.39, 0.29) is 0 Å². The van der Waals surface area contributed by atoms with Crippen LogP contribution in [0.5, 0.6) is 0 Å². The maximum absolute atomic E-state index is 5.76. The number of thiophene rings is 1. The van der Waals surface area contributed by atoms with Crippen LogP contribution in [-0.2, 0) is 11.2 Å². The Kier molecular flexibility index (Phi) is 5.33. The van der Waals surface area contributed by atoms with E-state index in [4.69, 9.17) is 4.74 Å². The van der Waals surface area contributed by atoms with E-state index in [2.05, 4.69) is 35.5 Å². The highest BCUT2D eigenvalue weighted by Gasteiger charge is 2.31. The summed E-state index contributed by atoms with van der Waals surface area (Å²) in [5.41, 5.74) is 1.56. The predicted octanol–water partition coefficient (Wildman–Crippen LogP) is 3.07. The first-order valence-corrected chi connectivity index (χ1v) is 9.29. The number of ether oxygens (including phenoxy) is 1. The van der Waals surface area contributed by atoms with E-state index in [0.717, 1.165) is 32.7 Å². The van der Waals surface area contributed by atoms with Crippen LogP contribution in [0.15, 0.2) is 11.4 Å². The molecule has 3 rings (SSSR count). The largest absolute Gasteiger partial charge is 0.381 e. The van der Waals surface area contributed by atoms with Gasteiger partial charge in [0.15, 0.2) is 0 Å². The molecule has 0 amide bonds. The van der Waals surface area contributed by atoms with Crippen LogP contribution in [0, 0.1) is 5.92 Å². The third kappa shape index (κ3) is 3.50. The Morgan fingerprint density at radius 2 is 2.38 bits per heavy atom. The highest BCUT2D eigenvalue weighted by molar-refractivity contribution is 7.10. The average molecular weight is 308 g/mol. The van der Waals surface area contributed by atoms with Crippen molar-refractivity contribution in [3.63, 3.8) is 0 Å². The molecule has 1 saturated heterocycles. The Morgan fingerprint density at radius 1 is 1.48 bits per heavy atom. The minimum atomic E-state index is 0.564. The fraction of sp³-hybridized carbons (Fsp3) is 0.765. The summed E-state index contributed by atoms with van der Waals surface area (Å²) in [4.78, 5) is 4.26. The molecule has 21 heavy (non-hydrogen) atoms. The number of rotatable bonds is 5. The number of nitrogens with zero attached hydrogens (tertiary/aromatic N) is 1. The molecule has 118 valence electrons. The Balaban J connectivity index is 1.62. The van der Waals surface area contributed by atoms with Crippen molar-refractivity contribution in [3.8, 4) is 0 Å². The van der Waals surface area contributed by atoms with Gasteiger partial charge in [-0.2, -0.15) is 0 Å². The number of nitrogens with one attached hydrogen (secondary N) is 1. The van der Waals surface area contributed by atoms with Crippen molar-refractivity contribution < 1.29 is 4.74 Å². The average Bonchev–Trinajstić information content (AvgIpc) is 2.98. The lowest BCUT2D eigenvalue weighted by atomic mass is 9.92. The molecule has 1 N–H and O–H groups in total. The summed E-state index contributed by atoms with van der Waals surface area (Å²) in [6, 6.07) is 3.52. The van der Waals surface area contributed by atoms with Crippen LogP contribution in [-0.4, -0.2) is 43.8 Å². The van der Waals surface area contributed by atoms with Crippen molar-refractivity contribution in [1.29, 1.82) is 0 Å². The van der Waals surface area contributed by atoms with E-state index in [9.17, 15) is 0 Å². The molecule has 4 heteroatoms. The fourth-order valence-corrected chi connectivity index (χ4v) is 4.65. The smallest absolute Gasteiger partial charge is 0.0521 e. The minimum Gasteiger partial charge on any atom is -0.381 e. The normalized spacial score (nSPS) is 30.3. The first-order chi connectivity index (χ1) is 10.3. The van der Waals surface area contributed by atoms with E-state index >= 15 is 0 Å². The second kappa shape index (κ2) is 7.23. The molecular formula is C17H28N2OS. The molecule has 1 aromatic heterocycles. The van der Waals surface area contributed by atoms with E-state index in [1.165, 1.54) is 19.4 Å². The standard InChI is InChI=1S/C17H28N2OS/c1-3-7-18-16-5-9-20-12-14(16)11-19-8-4-17-15(13(19)2)6-10-21-17/h6,10,13-14,16,18H,3-5,7-9,11-12H2,1-2H3. The Labute approximate surface area is 132 Å². The van der Waals surface area contributed by atoms with Gasteiger partial charge in [0, 0.05) is 42.6 Å². The van der Waals surface area contributed by atoms with Gasteiger partial charge in [-0.15, -0.1) is 11.3 Å². The first-order valence-electron chi connectivity index (χ1n) is 8.41. The summed E-state index contributed by atoms with van der Waals surface area (Å²) in [7, 11) is 0. The van der Waals surface area contributed by atoms with Gasteiger partial charge in [-0.05, 0) is 49.7 Å². The highest BCUT2D eigenvalue weighted by atomic mass is 32.1. The van der Waals surface area contributed by atoms with Gasteiger partial charge in [-0.3, -0.25) is 4.90 Å². The van der Waals surface area contributed by atoms with Crippen LogP contribution < -0.4 is 5.32 Å². The molecule has 3 unspecified atom stereocenters. The molecule has 3 nitrogen and oxygen atoms in total. The quantitative estimate of drug-likeness (QED) is 0.905. The Hall–Kier alpha value is -0.420. The van der Waals surface area contributed by atoms with Gasteiger partial charge in [0.25, 0.3) is 0 Å². The molecule has 2 aliphatic heterocycles. The predicted molar refractivity (Wildman–Crippen MR) is 89.0 cm³/mol. The van der Waals surface area contributed by atoms with Gasteiger partial charge in [0.1, 0.15) is 0 Å². The van der Waals surface area contributed by atoms with Crippen LogP contribution in [0.4, 0.5) is 0 Å². The summed E-state index contributed by atoms with van der Waals surface area (Å²) in [6.45, 7) is 9.94. The molecule has 0 spiro atoms. The highest BCUT2D eigenvalue weighted by Crippen LogP contribution is 2.33. The third-order valence-electron chi connectivity index (χ3n) is 5.00. The van der Waals surface area contributed by atoms with Crippen LogP contribution in [0.2, 0.25) is 0 Å². The molecule has 0 aliphatic carbocycles. The third-order valence-corrected chi connectivity index (χ3v) is 6.00. The topological polar surface area (TPSA) is 24.5 Å². The van der Waals surface area contributed by atoms with Crippen LogP contribution in [0.3, 0.4) is 0 Å². The van der Waals surface area contributed by atoms with E-state index in [0.29, 0.717) is 18.0 Å². The Bertz CT molecular complexity index is 448. The van der Waals surface area contributed by atoms with Crippen molar-refractivity contribution in [3.05, 3.63) is 21.9 Å². The number of hydrogen-bond donors (Lipinski definition) is 1. The maximum Gasteiger partial charge on any atom is 0.0521 e. The van der Waals surface area contributed by atoms with Gasteiger partial charge in [0.05, 0.1) is 6.61 Å². The van der Waals surface area contributed by atoms with Gasteiger partial charge in [0.2, 0.25) is 0 Å². The van der Waals surface area contributed by atoms with Crippen LogP contribution in [0.1, 0.15) is 43.2 Å². The molecule has 0 radical (unpaired) electrons. The lowest BCUT2D eigenvalue weighted by Gasteiger charge is -2.40. The molecule has 3 heterocycles. The van der Waals surface area contributed by atoms with Crippen molar-refractivity contribution in [2.45, 2.75) is 45.2 Å². The summed E-state index contributed by atoms with van der Waals surface area (Å²) in [6.07, 6.45) is 3.59. The summed E-state index contributed by atoms with van der Waals surface area (Å²) in [5, 5.41) is 5.99. The molecule has 3 atom stereocenters. The monoisotopic (exact) mass is 308 g/mol. The van der Waals surface area contributed by atoms with Crippen molar-refractivity contribution in [1.82, 2.24) is 10.2 Å². The van der Waals surface area contributed by atoms with Gasteiger partial charge >= 0.3 is 0 Å². The molecule has 0 aromatic carbocycles. The van der Waals surface area contributed by atoms with Gasteiger partial charge in [-0.25, -0.2) is 0 Å². The van der Waals surface area contributed by atoms with Crippen molar-refractivity contribution >= 4 is 11.3 Å². The number of hydrogen-bond acceptors (Lipinski definition) is 4. The lowest BCUT2D eigenvalue weighted by molar-refractivity contribution is 0.00989. The molecule has 1 aromatic rings. The van der Waals surface area contributed by atoms with Gasteiger partial charge < -0.3 is 10.1 Å². The zero-order valence-corrected chi connectivity index (χ0v) is 14.1. The second-order valence-corrected chi connectivity index (χ2v) is 7.40. The molecular weight excluding hydrogens is 280 g/mol. The zero-order valence-electron chi connectivity index (χ0n) is 13.3. The number of fused-ring (bicyclic) bond motifs is 1. The second-order valence-electron chi connectivity index (χ2n) is 6.40.